The number of carbonyl (C=O) groups excluding carboxylic acids is 1. The molecule has 0 fully saturated rings. The van der Waals surface area contributed by atoms with E-state index in [2.05, 4.69) is 30.9 Å². The zero-order chi connectivity index (χ0) is 44.4. The Morgan fingerprint density at radius 2 is 1.77 bits per heavy atom. The fourth-order valence-corrected chi connectivity index (χ4v) is 8.83. The summed E-state index contributed by atoms with van der Waals surface area (Å²) in [4.78, 5) is 29.6. The van der Waals surface area contributed by atoms with Crippen LogP contribution in [0.1, 0.15) is 59.1 Å². The molecule has 4 aromatic carbocycles. The highest BCUT2D eigenvalue weighted by Crippen LogP contribution is 2.46. The number of ether oxygens (including phenoxy) is 2. The van der Waals surface area contributed by atoms with Crippen molar-refractivity contribution >= 4 is 37.9 Å². The quantitative estimate of drug-likeness (QED) is 0.0737. The lowest BCUT2D eigenvalue weighted by Crippen LogP contribution is -2.45. The van der Waals surface area contributed by atoms with Gasteiger partial charge in [0.25, 0.3) is 11.5 Å². The zero-order valence-electron chi connectivity index (χ0n) is 33.0. The number of aryl methyl sites for hydroxylation is 2. The van der Waals surface area contributed by atoms with Gasteiger partial charge in [0.2, 0.25) is 0 Å². The first-order chi connectivity index (χ1) is 29.4. The molecule has 1 aliphatic heterocycles. The summed E-state index contributed by atoms with van der Waals surface area (Å²) in [5, 5.41) is 37.1. The molecule has 0 unspecified atom stereocenters. The van der Waals surface area contributed by atoms with Gasteiger partial charge in [-0.3, -0.25) is 14.3 Å². The topological polar surface area (TPSA) is 214 Å². The van der Waals surface area contributed by atoms with Gasteiger partial charge >= 0.3 is 6.18 Å². The van der Waals surface area contributed by atoms with Crippen LogP contribution in [0.4, 0.5) is 28.9 Å². The second-order valence-corrected chi connectivity index (χ2v) is 16.8. The number of hydrogen-bond donors (Lipinski definition) is 4. The monoisotopic (exact) mass is 874 g/mol. The van der Waals surface area contributed by atoms with E-state index in [4.69, 9.17) is 14.7 Å². The van der Waals surface area contributed by atoms with Crippen molar-refractivity contribution in [2.24, 2.45) is 7.05 Å². The SMILES string of the molecule is Cn1ncnc1[C@H]1c2n[nH]c(=O)c3cc(F)cc(c23)N[C@@H]1c1ccc(CCCOCCOc2ccc(S(=O)(=O)C[C@](C)(O)C(=O)Nc3ccc(C#N)c(C(F)(F)F)c3)cc2)cc1. The highest BCUT2D eigenvalue weighted by molar-refractivity contribution is 7.91. The van der Waals surface area contributed by atoms with Gasteiger partial charge in [0, 0.05) is 30.4 Å². The highest BCUT2D eigenvalue weighted by Gasteiger charge is 2.39. The summed E-state index contributed by atoms with van der Waals surface area (Å²) in [7, 11) is -2.50. The maximum absolute atomic E-state index is 14.6. The van der Waals surface area contributed by atoms with Crippen molar-refractivity contribution in [2.45, 2.75) is 48.4 Å². The summed E-state index contributed by atoms with van der Waals surface area (Å²) in [5.41, 5.74) is -2.43. The van der Waals surface area contributed by atoms with Crippen LogP contribution in [0.15, 0.2) is 94.9 Å². The minimum Gasteiger partial charge on any atom is -0.491 e. The van der Waals surface area contributed by atoms with Gasteiger partial charge in [-0.05, 0) is 85.5 Å². The number of amides is 1. The number of rotatable bonds is 15. The number of nitriles is 1. The molecular weight excluding hydrogens is 837 g/mol. The van der Waals surface area contributed by atoms with Crippen LogP contribution in [0, 0.1) is 17.1 Å². The van der Waals surface area contributed by atoms with E-state index in [-0.39, 0.29) is 29.2 Å². The van der Waals surface area contributed by atoms with E-state index < -0.39 is 67.7 Å². The van der Waals surface area contributed by atoms with Crippen molar-refractivity contribution in [1.82, 2.24) is 25.0 Å². The molecular formula is C42H38F4N8O7S. The smallest absolute Gasteiger partial charge is 0.417 e. The predicted octanol–water partition coefficient (Wildman–Crippen LogP) is 5.57. The zero-order valence-corrected chi connectivity index (χ0v) is 33.8. The molecule has 15 nitrogen and oxygen atoms in total. The summed E-state index contributed by atoms with van der Waals surface area (Å²) < 4.78 is 93.8. The molecule has 0 radical (unpaired) electrons. The number of nitrogens with zero attached hydrogens (tertiary/aromatic N) is 5. The van der Waals surface area contributed by atoms with Crippen molar-refractivity contribution in [2.75, 3.05) is 36.2 Å². The number of hydrogen-bond acceptors (Lipinski definition) is 12. The third-order valence-electron chi connectivity index (χ3n) is 10.3. The van der Waals surface area contributed by atoms with Gasteiger partial charge in [-0.1, -0.05) is 24.3 Å². The van der Waals surface area contributed by atoms with Gasteiger partial charge in [-0.2, -0.15) is 28.6 Å². The lowest BCUT2D eigenvalue weighted by Gasteiger charge is -2.33. The van der Waals surface area contributed by atoms with E-state index in [0.717, 1.165) is 30.2 Å². The van der Waals surface area contributed by atoms with E-state index in [1.807, 2.05) is 24.3 Å². The molecule has 0 saturated heterocycles. The van der Waals surface area contributed by atoms with E-state index >= 15 is 0 Å². The Balaban J connectivity index is 0.875. The van der Waals surface area contributed by atoms with Crippen LogP contribution in [0.2, 0.25) is 0 Å². The molecule has 0 aliphatic carbocycles. The number of aromatic amines is 1. The summed E-state index contributed by atoms with van der Waals surface area (Å²) in [5.74, 6) is -2.40. The van der Waals surface area contributed by atoms with Crippen LogP contribution in [0.5, 0.6) is 5.75 Å². The fourth-order valence-electron chi connectivity index (χ4n) is 7.24. The van der Waals surface area contributed by atoms with Crippen molar-refractivity contribution in [3.05, 3.63) is 135 Å². The van der Waals surface area contributed by atoms with Crippen molar-refractivity contribution in [1.29, 1.82) is 5.26 Å². The van der Waals surface area contributed by atoms with Crippen LogP contribution >= 0.6 is 0 Å². The molecule has 2 aromatic heterocycles. The van der Waals surface area contributed by atoms with Crippen molar-refractivity contribution in [3.8, 4) is 11.8 Å². The number of anilines is 2. The van der Waals surface area contributed by atoms with Crippen LogP contribution in [-0.4, -0.2) is 75.6 Å². The third-order valence-corrected chi connectivity index (χ3v) is 12.2. The van der Waals surface area contributed by atoms with Gasteiger partial charge in [-0.15, -0.1) is 0 Å². The number of alkyl halides is 3. The minimum absolute atomic E-state index is 0.158. The molecule has 1 amide bonds. The standard InChI is InChI=1S/C42H38F4N8O7S/c1-41(57,40(56)50-28-10-9-26(21-47)32(20-28)42(44,45)46)22-62(58,59)30-13-11-29(12-14-30)61-17-16-60-15-3-4-24-5-7-25(8-6-24)36-35(38-48-23-49-54(38)2)37-34-31(39(55)53-52-37)18-27(43)19-33(34)51-36/h5-14,18-20,23,35-36,51,57H,3-4,15-17,22H2,1-2H3,(H,50,56)(H,53,55)/t35-,36-,41+/m1/s1. The van der Waals surface area contributed by atoms with Gasteiger partial charge < -0.3 is 25.2 Å². The summed E-state index contributed by atoms with van der Waals surface area (Å²) in [6.07, 6.45) is -2.04. The van der Waals surface area contributed by atoms with E-state index in [1.165, 1.54) is 48.8 Å². The number of sulfone groups is 1. The largest absolute Gasteiger partial charge is 0.491 e. The molecule has 20 heteroatoms. The molecule has 4 N–H and O–H groups in total. The summed E-state index contributed by atoms with van der Waals surface area (Å²) >= 11 is 0. The molecule has 3 heterocycles. The van der Waals surface area contributed by atoms with E-state index in [9.17, 15) is 40.7 Å². The maximum Gasteiger partial charge on any atom is 0.417 e. The minimum atomic E-state index is -4.89. The van der Waals surface area contributed by atoms with Crippen LogP contribution in [-0.2, 0) is 39.0 Å². The Hall–Kier alpha value is -6.69. The van der Waals surface area contributed by atoms with Gasteiger partial charge in [0.05, 0.1) is 57.5 Å². The third kappa shape index (κ3) is 9.29. The Morgan fingerprint density at radius 3 is 2.45 bits per heavy atom. The Bertz CT molecular complexity index is 2840. The molecule has 6 aromatic rings. The normalized spacial score (nSPS) is 16.0. The predicted molar refractivity (Wildman–Crippen MR) is 217 cm³/mol. The molecule has 3 atom stereocenters. The van der Waals surface area contributed by atoms with Crippen LogP contribution in [0.25, 0.3) is 10.8 Å². The van der Waals surface area contributed by atoms with Gasteiger partial charge in [0.1, 0.15) is 30.3 Å². The second kappa shape index (κ2) is 17.4. The molecule has 322 valence electrons. The van der Waals surface area contributed by atoms with E-state index in [0.29, 0.717) is 53.9 Å². The lowest BCUT2D eigenvalue weighted by molar-refractivity contribution is -0.137. The highest BCUT2D eigenvalue weighted by atomic mass is 32.2. The Labute approximate surface area is 351 Å². The maximum atomic E-state index is 14.6. The second-order valence-electron chi connectivity index (χ2n) is 14.8. The van der Waals surface area contributed by atoms with Crippen molar-refractivity contribution < 1.29 is 45.4 Å². The fraction of sp³-hybridized carbons (Fsp3) is 0.286. The number of nitrogens with one attached hydrogen (secondary N) is 3. The summed E-state index contributed by atoms with van der Waals surface area (Å²) in [6.45, 7) is 1.75. The van der Waals surface area contributed by atoms with Crippen LogP contribution < -0.4 is 20.9 Å². The van der Waals surface area contributed by atoms with E-state index in [1.54, 1.807) is 11.7 Å². The first kappa shape index (κ1) is 43.4. The number of benzene rings is 4. The summed E-state index contributed by atoms with van der Waals surface area (Å²) in [6, 6.07) is 19.2. The number of aromatic nitrogens is 5. The Kier molecular flexibility index (Phi) is 12.1. The van der Waals surface area contributed by atoms with Crippen LogP contribution in [0.3, 0.4) is 0 Å². The molecule has 0 bridgehead atoms. The first-order valence-electron chi connectivity index (χ1n) is 19.0. The van der Waals surface area contributed by atoms with Gasteiger partial charge in [-0.25, -0.2) is 22.9 Å². The average molecular weight is 875 g/mol. The number of H-pyrrole nitrogens is 1. The molecule has 0 spiro atoms. The number of halogens is 4. The molecule has 1 aliphatic rings. The number of aliphatic hydroxyl groups is 1. The van der Waals surface area contributed by atoms with Crippen molar-refractivity contribution in [3.63, 3.8) is 0 Å². The lowest BCUT2D eigenvalue weighted by atomic mass is 9.83. The Morgan fingerprint density at radius 1 is 1.03 bits per heavy atom. The molecule has 7 rings (SSSR count). The average Bonchev–Trinajstić information content (AvgIpc) is 3.65. The number of carbonyl (C=O) groups is 1. The van der Waals surface area contributed by atoms with Gasteiger partial charge in [0.15, 0.2) is 15.4 Å². The molecule has 62 heavy (non-hydrogen) atoms. The molecule has 0 saturated carbocycles. The first-order valence-corrected chi connectivity index (χ1v) is 20.7.